The van der Waals surface area contributed by atoms with Crippen molar-refractivity contribution < 1.29 is 4.79 Å². The van der Waals surface area contributed by atoms with Crippen LogP contribution in [0, 0.1) is 11.3 Å². The molecule has 106 valence electrons. The standard InChI is InChI=1S/C15H20N4O/c16-14-17-6-1-12(18-14)10-2-7-19(8-3-10)13(20)11-9-15(11)4-5-15/h1,6,10-11H,2-5,7-9H2,(H2,16,17,18)/t11-/m1/s1. The molecule has 1 aromatic rings. The third-order valence-corrected chi connectivity index (χ3v) is 5.30. The predicted octanol–water partition coefficient (Wildman–Crippen LogP) is 1.56. The van der Waals surface area contributed by atoms with Crippen LogP contribution in [0.2, 0.25) is 0 Å². The highest BCUT2D eigenvalue weighted by Crippen LogP contribution is 2.71. The van der Waals surface area contributed by atoms with Gasteiger partial charge in [0.2, 0.25) is 11.9 Å². The van der Waals surface area contributed by atoms with Crippen molar-refractivity contribution in [2.24, 2.45) is 11.3 Å². The van der Waals surface area contributed by atoms with Gasteiger partial charge in [0.05, 0.1) is 0 Å². The molecule has 0 aromatic carbocycles. The Hall–Kier alpha value is -1.65. The molecule has 0 bridgehead atoms. The molecular weight excluding hydrogens is 252 g/mol. The average molecular weight is 272 g/mol. The maximum absolute atomic E-state index is 12.4. The highest BCUT2D eigenvalue weighted by atomic mass is 16.2. The molecule has 2 aliphatic carbocycles. The highest BCUT2D eigenvalue weighted by molar-refractivity contribution is 5.83. The molecule has 1 atom stereocenters. The summed E-state index contributed by atoms with van der Waals surface area (Å²) in [6.45, 7) is 1.72. The number of rotatable bonds is 2. The van der Waals surface area contributed by atoms with Crippen LogP contribution >= 0.6 is 0 Å². The van der Waals surface area contributed by atoms with E-state index in [0.717, 1.165) is 38.0 Å². The quantitative estimate of drug-likeness (QED) is 0.887. The van der Waals surface area contributed by atoms with E-state index >= 15 is 0 Å². The molecule has 3 fully saturated rings. The molecule has 1 spiro atoms. The number of nitrogens with zero attached hydrogens (tertiary/aromatic N) is 3. The maximum Gasteiger partial charge on any atom is 0.226 e. The van der Waals surface area contributed by atoms with Gasteiger partial charge in [0.15, 0.2) is 0 Å². The van der Waals surface area contributed by atoms with E-state index in [0.29, 0.717) is 29.1 Å². The molecule has 0 radical (unpaired) electrons. The summed E-state index contributed by atoms with van der Waals surface area (Å²) in [6, 6.07) is 1.94. The van der Waals surface area contributed by atoms with Gasteiger partial charge in [0.1, 0.15) is 0 Å². The van der Waals surface area contributed by atoms with Crippen molar-refractivity contribution in [3.63, 3.8) is 0 Å². The first-order chi connectivity index (χ1) is 9.68. The van der Waals surface area contributed by atoms with Crippen molar-refractivity contribution in [1.82, 2.24) is 14.9 Å². The summed E-state index contributed by atoms with van der Waals surface area (Å²) in [5.41, 5.74) is 7.13. The van der Waals surface area contributed by atoms with Gasteiger partial charge in [-0.3, -0.25) is 4.79 Å². The Labute approximate surface area is 118 Å². The number of nitrogens with two attached hydrogens (primary N) is 1. The zero-order valence-electron chi connectivity index (χ0n) is 11.6. The second-order valence-electron chi connectivity index (χ2n) is 6.56. The number of anilines is 1. The number of carbonyl (C=O) groups excluding carboxylic acids is 1. The molecular formula is C15H20N4O. The van der Waals surface area contributed by atoms with Crippen LogP contribution in [0.5, 0.6) is 0 Å². The zero-order chi connectivity index (χ0) is 13.7. The van der Waals surface area contributed by atoms with Gasteiger partial charge in [-0.25, -0.2) is 9.97 Å². The topological polar surface area (TPSA) is 72.1 Å². The van der Waals surface area contributed by atoms with Gasteiger partial charge in [-0.1, -0.05) is 0 Å². The first-order valence-corrected chi connectivity index (χ1v) is 7.55. The number of amides is 1. The lowest BCUT2D eigenvalue weighted by molar-refractivity contribution is -0.134. The van der Waals surface area contributed by atoms with Crippen molar-refractivity contribution in [1.29, 1.82) is 0 Å². The Balaban J connectivity index is 1.37. The van der Waals surface area contributed by atoms with Crippen molar-refractivity contribution in [3.05, 3.63) is 18.0 Å². The first-order valence-electron chi connectivity index (χ1n) is 7.55. The molecule has 0 unspecified atom stereocenters. The molecule has 5 nitrogen and oxygen atoms in total. The lowest BCUT2D eigenvalue weighted by atomic mass is 9.93. The van der Waals surface area contributed by atoms with Gasteiger partial charge in [-0.2, -0.15) is 0 Å². The fraction of sp³-hybridized carbons (Fsp3) is 0.667. The number of nitrogen functional groups attached to an aromatic ring is 1. The summed E-state index contributed by atoms with van der Waals surface area (Å²) in [7, 11) is 0. The van der Waals surface area contributed by atoms with Crippen LogP contribution in [0.3, 0.4) is 0 Å². The number of likely N-dealkylation sites (tertiary alicyclic amines) is 1. The molecule has 1 aromatic heterocycles. The van der Waals surface area contributed by atoms with E-state index in [1.54, 1.807) is 6.20 Å². The Kier molecular flexibility index (Phi) is 2.53. The summed E-state index contributed by atoms with van der Waals surface area (Å²) >= 11 is 0. The normalized spacial score (nSPS) is 27.6. The number of hydrogen-bond acceptors (Lipinski definition) is 4. The predicted molar refractivity (Wildman–Crippen MR) is 74.8 cm³/mol. The lowest BCUT2D eigenvalue weighted by Crippen LogP contribution is -2.39. The molecule has 20 heavy (non-hydrogen) atoms. The summed E-state index contributed by atoms with van der Waals surface area (Å²) in [6.07, 6.45) is 7.40. The van der Waals surface area contributed by atoms with Crippen molar-refractivity contribution in [3.8, 4) is 0 Å². The van der Waals surface area contributed by atoms with Crippen LogP contribution in [0.15, 0.2) is 12.3 Å². The minimum Gasteiger partial charge on any atom is -0.368 e. The maximum atomic E-state index is 12.4. The number of aromatic nitrogens is 2. The minimum absolute atomic E-state index is 0.342. The summed E-state index contributed by atoms with van der Waals surface area (Å²) in [5.74, 6) is 1.52. The van der Waals surface area contributed by atoms with E-state index in [1.807, 2.05) is 6.07 Å². The van der Waals surface area contributed by atoms with E-state index < -0.39 is 0 Å². The SMILES string of the molecule is Nc1nccc(C2CCN(C(=O)[C@H]3CC34CC4)CC2)n1. The first kappa shape index (κ1) is 12.1. The van der Waals surface area contributed by atoms with Gasteiger partial charge in [-0.15, -0.1) is 0 Å². The van der Waals surface area contributed by atoms with E-state index in [-0.39, 0.29) is 0 Å². The summed E-state index contributed by atoms with van der Waals surface area (Å²) in [4.78, 5) is 22.7. The molecule has 5 heteroatoms. The summed E-state index contributed by atoms with van der Waals surface area (Å²) < 4.78 is 0. The fourth-order valence-electron chi connectivity index (χ4n) is 3.64. The average Bonchev–Trinajstić information content (AvgIpc) is 3.39. The summed E-state index contributed by atoms with van der Waals surface area (Å²) in [5, 5.41) is 0. The Morgan fingerprint density at radius 3 is 2.70 bits per heavy atom. The third-order valence-electron chi connectivity index (χ3n) is 5.30. The van der Waals surface area contributed by atoms with E-state index in [1.165, 1.54) is 12.8 Å². The molecule has 2 N–H and O–H groups in total. The molecule has 1 aliphatic heterocycles. The largest absolute Gasteiger partial charge is 0.368 e. The molecule has 4 rings (SSSR count). The van der Waals surface area contributed by atoms with Gasteiger partial charge in [0.25, 0.3) is 0 Å². The zero-order valence-corrected chi connectivity index (χ0v) is 11.6. The fourth-order valence-corrected chi connectivity index (χ4v) is 3.64. The Morgan fingerprint density at radius 1 is 1.35 bits per heavy atom. The van der Waals surface area contributed by atoms with Crippen LogP contribution in [0.4, 0.5) is 5.95 Å². The molecule has 2 heterocycles. The van der Waals surface area contributed by atoms with Gasteiger partial charge in [-0.05, 0) is 43.6 Å². The molecule has 1 saturated heterocycles. The number of carbonyl (C=O) groups is 1. The van der Waals surface area contributed by atoms with E-state index in [2.05, 4.69) is 14.9 Å². The van der Waals surface area contributed by atoms with Crippen LogP contribution in [-0.2, 0) is 4.79 Å². The van der Waals surface area contributed by atoms with Crippen LogP contribution < -0.4 is 5.73 Å². The van der Waals surface area contributed by atoms with Crippen LogP contribution in [0.1, 0.15) is 43.7 Å². The lowest BCUT2D eigenvalue weighted by Gasteiger charge is -2.32. The molecule has 2 saturated carbocycles. The second-order valence-corrected chi connectivity index (χ2v) is 6.56. The van der Waals surface area contributed by atoms with Gasteiger partial charge < -0.3 is 10.6 Å². The third kappa shape index (κ3) is 1.96. The molecule has 3 aliphatic rings. The van der Waals surface area contributed by atoms with Crippen molar-refractivity contribution >= 4 is 11.9 Å². The minimum atomic E-state index is 0.342. The highest BCUT2D eigenvalue weighted by Gasteiger charge is 2.66. The number of piperidine rings is 1. The van der Waals surface area contributed by atoms with Gasteiger partial charge in [0, 0.05) is 36.8 Å². The van der Waals surface area contributed by atoms with Crippen molar-refractivity contribution in [2.45, 2.75) is 38.0 Å². The number of hydrogen-bond donors (Lipinski definition) is 1. The van der Waals surface area contributed by atoms with Crippen LogP contribution in [0.25, 0.3) is 0 Å². The smallest absolute Gasteiger partial charge is 0.226 e. The molecule has 1 amide bonds. The van der Waals surface area contributed by atoms with Crippen LogP contribution in [-0.4, -0.2) is 33.9 Å². The van der Waals surface area contributed by atoms with E-state index in [9.17, 15) is 4.79 Å². The van der Waals surface area contributed by atoms with E-state index in [4.69, 9.17) is 5.73 Å². The Morgan fingerprint density at radius 2 is 2.10 bits per heavy atom. The monoisotopic (exact) mass is 272 g/mol. The van der Waals surface area contributed by atoms with Gasteiger partial charge >= 0.3 is 0 Å². The van der Waals surface area contributed by atoms with Crippen molar-refractivity contribution in [2.75, 3.05) is 18.8 Å². The Bertz CT molecular complexity index is 547. The second kappa shape index (κ2) is 4.17.